The first-order valence-corrected chi connectivity index (χ1v) is 5.89. The van der Waals surface area contributed by atoms with Crippen molar-refractivity contribution in [3.05, 3.63) is 29.8 Å². The van der Waals surface area contributed by atoms with Crippen LogP contribution in [0.15, 0.2) is 24.3 Å². The van der Waals surface area contributed by atoms with Gasteiger partial charge in [0.05, 0.1) is 0 Å². The standard InChI is InChI=1S/C13H20N2O2/c1-3-8-15-13(16)10-17-12-6-4-11(5-7-12)9-14-2/h4-7,14H,3,8-10H2,1-2H3,(H,15,16). The predicted octanol–water partition coefficient (Wildman–Crippen LogP) is 1.31. The summed E-state index contributed by atoms with van der Waals surface area (Å²) in [6.45, 7) is 3.62. The molecule has 1 rings (SSSR count). The first kappa shape index (κ1) is 13.5. The summed E-state index contributed by atoms with van der Waals surface area (Å²) in [4.78, 5) is 11.3. The number of carbonyl (C=O) groups is 1. The molecule has 0 heterocycles. The van der Waals surface area contributed by atoms with Gasteiger partial charge in [-0.05, 0) is 31.2 Å². The van der Waals surface area contributed by atoms with Crippen molar-refractivity contribution in [2.45, 2.75) is 19.9 Å². The third-order valence-electron chi connectivity index (χ3n) is 2.25. The van der Waals surface area contributed by atoms with Gasteiger partial charge >= 0.3 is 0 Å². The van der Waals surface area contributed by atoms with Crippen molar-refractivity contribution in [2.75, 3.05) is 20.2 Å². The van der Waals surface area contributed by atoms with Gasteiger partial charge in [-0.3, -0.25) is 4.79 Å². The highest BCUT2D eigenvalue weighted by Gasteiger charge is 2.01. The Balaban J connectivity index is 2.34. The molecule has 0 aromatic heterocycles. The van der Waals surface area contributed by atoms with Gasteiger partial charge < -0.3 is 15.4 Å². The third-order valence-corrected chi connectivity index (χ3v) is 2.25. The van der Waals surface area contributed by atoms with E-state index in [1.807, 2.05) is 38.2 Å². The maximum absolute atomic E-state index is 11.3. The molecule has 0 aliphatic carbocycles. The fraction of sp³-hybridized carbons (Fsp3) is 0.462. The van der Waals surface area contributed by atoms with Crippen LogP contribution in [0.1, 0.15) is 18.9 Å². The molecular weight excluding hydrogens is 216 g/mol. The topological polar surface area (TPSA) is 50.4 Å². The summed E-state index contributed by atoms with van der Waals surface area (Å²) in [7, 11) is 1.91. The van der Waals surface area contributed by atoms with E-state index in [1.165, 1.54) is 5.56 Å². The predicted molar refractivity (Wildman–Crippen MR) is 68.0 cm³/mol. The van der Waals surface area contributed by atoms with Crippen LogP contribution in [0.4, 0.5) is 0 Å². The maximum atomic E-state index is 11.3. The summed E-state index contributed by atoms with van der Waals surface area (Å²) < 4.78 is 5.37. The quantitative estimate of drug-likeness (QED) is 0.750. The summed E-state index contributed by atoms with van der Waals surface area (Å²) in [6, 6.07) is 7.71. The molecule has 94 valence electrons. The minimum absolute atomic E-state index is 0.0748. The largest absolute Gasteiger partial charge is 0.484 e. The van der Waals surface area contributed by atoms with Gasteiger partial charge in [-0.15, -0.1) is 0 Å². The fourth-order valence-electron chi connectivity index (χ4n) is 1.37. The second kappa shape index (κ2) is 7.68. The molecule has 0 fully saturated rings. The van der Waals surface area contributed by atoms with E-state index in [9.17, 15) is 4.79 Å². The van der Waals surface area contributed by atoms with E-state index < -0.39 is 0 Å². The number of ether oxygens (including phenoxy) is 1. The molecular formula is C13H20N2O2. The van der Waals surface area contributed by atoms with Crippen LogP contribution < -0.4 is 15.4 Å². The molecule has 0 aliphatic heterocycles. The van der Waals surface area contributed by atoms with Crippen LogP contribution in [0.2, 0.25) is 0 Å². The highest BCUT2D eigenvalue weighted by Crippen LogP contribution is 2.11. The molecule has 0 bridgehead atoms. The molecule has 1 aromatic carbocycles. The Bertz CT molecular complexity index is 336. The zero-order valence-electron chi connectivity index (χ0n) is 10.5. The van der Waals surface area contributed by atoms with Crippen molar-refractivity contribution in [1.29, 1.82) is 0 Å². The lowest BCUT2D eigenvalue weighted by molar-refractivity contribution is -0.123. The number of nitrogens with one attached hydrogen (secondary N) is 2. The van der Waals surface area contributed by atoms with E-state index in [4.69, 9.17) is 4.74 Å². The van der Waals surface area contributed by atoms with Crippen molar-refractivity contribution >= 4 is 5.91 Å². The molecule has 2 N–H and O–H groups in total. The summed E-state index contributed by atoms with van der Waals surface area (Å²) in [6.07, 6.45) is 0.935. The number of carbonyl (C=O) groups excluding carboxylic acids is 1. The molecule has 0 saturated carbocycles. The minimum atomic E-state index is -0.0776. The lowest BCUT2D eigenvalue weighted by Crippen LogP contribution is -2.29. The SMILES string of the molecule is CCCNC(=O)COc1ccc(CNC)cc1. The Hall–Kier alpha value is -1.55. The van der Waals surface area contributed by atoms with Crippen LogP contribution in [0.5, 0.6) is 5.75 Å². The third kappa shape index (κ3) is 5.36. The van der Waals surface area contributed by atoms with E-state index in [1.54, 1.807) is 0 Å². The average molecular weight is 236 g/mol. The zero-order valence-corrected chi connectivity index (χ0v) is 10.5. The smallest absolute Gasteiger partial charge is 0.257 e. The van der Waals surface area contributed by atoms with Crippen molar-refractivity contribution in [3.63, 3.8) is 0 Å². The molecule has 1 amide bonds. The Morgan fingerprint density at radius 2 is 2.00 bits per heavy atom. The second-order valence-corrected chi connectivity index (χ2v) is 3.81. The second-order valence-electron chi connectivity index (χ2n) is 3.81. The van der Waals surface area contributed by atoms with Gasteiger partial charge in [-0.1, -0.05) is 19.1 Å². The highest BCUT2D eigenvalue weighted by atomic mass is 16.5. The maximum Gasteiger partial charge on any atom is 0.257 e. The van der Waals surface area contributed by atoms with Crippen molar-refractivity contribution < 1.29 is 9.53 Å². The zero-order chi connectivity index (χ0) is 12.5. The molecule has 0 saturated heterocycles. The Morgan fingerprint density at radius 3 is 2.59 bits per heavy atom. The molecule has 0 radical (unpaired) electrons. The van der Waals surface area contributed by atoms with Gasteiger partial charge in [-0.25, -0.2) is 0 Å². The first-order valence-electron chi connectivity index (χ1n) is 5.89. The van der Waals surface area contributed by atoms with Gasteiger partial charge in [0.2, 0.25) is 0 Å². The molecule has 4 heteroatoms. The van der Waals surface area contributed by atoms with E-state index in [0.717, 1.165) is 18.7 Å². The van der Waals surface area contributed by atoms with Crippen LogP contribution in [0, 0.1) is 0 Å². The van der Waals surface area contributed by atoms with Crippen molar-refractivity contribution in [1.82, 2.24) is 10.6 Å². The molecule has 0 unspecified atom stereocenters. The summed E-state index contributed by atoms with van der Waals surface area (Å²) in [5, 5.41) is 5.83. The normalized spacial score (nSPS) is 10.0. The van der Waals surface area contributed by atoms with Crippen LogP contribution in [0.25, 0.3) is 0 Å². The number of amides is 1. The lowest BCUT2D eigenvalue weighted by atomic mass is 10.2. The molecule has 4 nitrogen and oxygen atoms in total. The van der Waals surface area contributed by atoms with Gasteiger partial charge in [0, 0.05) is 13.1 Å². The number of hydrogen-bond acceptors (Lipinski definition) is 3. The van der Waals surface area contributed by atoms with Crippen molar-refractivity contribution in [2.24, 2.45) is 0 Å². The van der Waals surface area contributed by atoms with Crippen LogP contribution in [0.3, 0.4) is 0 Å². The van der Waals surface area contributed by atoms with Gasteiger partial charge in [0.25, 0.3) is 5.91 Å². The van der Waals surface area contributed by atoms with E-state index >= 15 is 0 Å². The molecule has 0 spiro atoms. The number of hydrogen-bond donors (Lipinski definition) is 2. The van der Waals surface area contributed by atoms with Crippen LogP contribution in [-0.2, 0) is 11.3 Å². The summed E-state index contributed by atoms with van der Waals surface area (Å²) in [5.41, 5.74) is 1.19. The van der Waals surface area contributed by atoms with Gasteiger partial charge in [0.15, 0.2) is 6.61 Å². The average Bonchev–Trinajstić information content (AvgIpc) is 2.36. The lowest BCUT2D eigenvalue weighted by Gasteiger charge is -2.07. The fourth-order valence-corrected chi connectivity index (χ4v) is 1.37. The van der Waals surface area contributed by atoms with Crippen molar-refractivity contribution in [3.8, 4) is 5.75 Å². The molecule has 0 atom stereocenters. The Kier molecular flexibility index (Phi) is 6.10. The number of rotatable bonds is 7. The van der Waals surface area contributed by atoms with E-state index in [0.29, 0.717) is 6.54 Å². The van der Waals surface area contributed by atoms with Crippen LogP contribution in [-0.4, -0.2) is 26.1 Å². The van der Waals surface area contributed by atoms with E-state index in [-0.39, 0.29) is 12.5 Å². The Morgan fingerprint density at radius 1 is 1.29 bits per heavy atom. The minimum Gasteiger partial charge on any atom is -0.484 e. The molecule has 0 aliphatic rings. The molecule has 1 aromatic rings. The van der Waals surface area contributed by atoms with Crippen LogP contribution >= 0.6 is 0 Å². The number of benzene rings is 1. The highest BCUT2D eigenvalue weighted by molar-refractivity contribution is 5.77. The summed E-state index contributed by atoms with van der Waals surface area (Å²) >= 11 is 0. The van der Waals surface area contributed by atoms with Gasteiger partial charge in [-0.2, -0.15) is 0 Å². The Labute approximate surface area is 102 Å². The van der Waals surface area contributed by atoms with Gasteiger partial charge in [0.1, 0.15) is 5.75 Å². The molecule has 17 heavy (non-hydrogen) atoms. The monoisotopic (exact) mass is 236 g/mol. The summed E-state index contributed by atoms with van der Waals surface area (Å²) in [5.74, 6) is 0.641. The van der Waals surface area contributed by atoms with E-state index in [2.05, 4.69) is 10.6 Å². The first-order chi connectivity index (χ1) is 8.26.